The van der Waals surface area contributed by atoms with Gasteiger partial charge in [-0.1, -0.05) is 52.0 Å². The minimum absolute atomic E-state index is 0.0631. The molecule has 0 spiro atoms. The third-order valence-electron chi connectivity index (χ3n) is 2.85. The quantitative estimate of drug-likeness (QED) is 0.561. The maximum Gasteiger partial charge on any atom is 0.270 e. The molecule has 0 radical (unpaired) electrons. The van der Waals surface area contributed by atoms with Gasteiger partial charge in [-0.25, -0.2) is 8.78 Å². The SMILES string of the molecule is C=N.CC.CC(C)CN(C)CNCc1ccc(C(C)(F)F)cc1. The van der Waals surface area contributed by atoms with Crippen LogP contribution in [0.3, 0.4) is 0 Å². The molecule has 1 rings (SSSR count). The molecule has 3 nitrogen and oxygen atoms in total. The molecule has 0 saturated carbocycles. The van der Waals surface area contributed by atoms with Crippen LogP contribution in [0.25, 0.3) is 0 Å². The third-order valence-corrected chi connectivity index (χ3v) is 2.85. The lowest BCUT2D eigenvalue weighted by molar-refractivity contribution is 0.0174. The number of nitrogens with zero attached hydrogens (tertiary/aromatic N) is 1. The Kier molecular flexibility index (Phi) is 13.7. The predicted octanol–water partition coefficient (Wildman–Crippen LogP) is 4.73. The summed E-state index contributed by atoms with van der Waals surface area (Å²) in [5, 5.41) is 8.80. The number of hydrogen-bond donors (Lipinski definition) is 2. The van der Waals surface area contributed by atoms with Gasteiger partial charge >= 0.3 is 0 Å². The standard InChI is InChI=1S/C15H24F2N2.C2H6.CH3N/c1-12(2)10-19(4)11-18-9-13-5-7-14(8-6-13)15(3,16)17;2*1-2/h5-8,12,18H,9-11H2,1-4H3;1-2H3;2H,1H2. The lowest BCUT2D eigenvalue weighted by Crippen LogP contribution is -2.33. The first-order valence-electron chi connectivity index (χ1n) is 8.01. The monoisotopic (exact) mass is 329 g/mol. The van der Waals surface area contributed by atoms with E-state index in [1.54, 1.807) is 12.1 Å². The zero-order valence-electron chi connectivity index (χ0n) is 15.4. The lowest BCUT2D eigenvalue weighted by atomic mass is 10.1. The fourth-order valence-electron chi connectivity index (χ4n) is 1.99. The van der Waals surface area contributed by atoms with Crippen LogP contribution in [0.2, 0.25) is 0 Å². The Labute approximate surface area is 140 Å². The van der Waals surface area contributed by atoms with Crippen LogP contribution in [0.15, 0.2) is 24.3 Å². The van der Waals surface area contributed by atoms with E-state index in [1.807, 2.05) is 13.8 Å². The van der Waals surface area contributed by atoms with E-state index in [0.29, 0.717) is 12.5 Å². The second-order valence-corrected chi connectivity index (χ2v) is 5.60. The molecule has 23 heavy (non-hydrogen) atoms. The maximum absolute atomic E-state index is 13.0. The largest absolute Gasteiger partial charge is 0.317 e. The fraction of sp³-hybridized carbons (Fsp3) is 0.611. The number of alkyl halides is 2. The lowest BCUT2D eigenvalue weighted by Gasteiger charge is -2.19. The van der Waals surface area contributed by atoms with Crippen molar-refractivity contribution >= 4 is 6.72 Å². The molecule has 134 valence electrons. The summed E-state index contributed by atoms with van der Waals surface area (Å²) in [5.41, 5.74) is 1.08. The van der Waals surface area contributed by atoms with Gasteiger partial charge < -0.3 is 10.7 Å². The van der Waals surface area contributed by atoms with Crippen LogP contribution in [0.1, 0.15) is 45.7 Å². The van der Waals surface area contributed by atoms with E-state index in [1.165, 1.54) is 12.1 Å². The molecule has 1 aromatic rings. The van der Waals surface area contributed by atoms with E-state index in [-0.39, 0.29) is 5.56 Å². The summed E-state index contributed by atoms with van der Waals surface area (Å²) < 4.78 is 26.1. The summed E-state index contributed by atoms with van der Waals surface area (Å²) in [5.74, 6) is -2.12. The molecule has 0 bridgehead atoms. The summed E-state index contributed by atoms with van der Waals surface area (Å²) in [4.78, 5) is 2.21. The summed E-state index contributed by atoms with van der Waals surface area (Å²) >= 11 is 0. The number of halogens is 2. The second kappa shape index (κ2) is 13.1. The van der Waals surface area contributed by atoms with Crippen LogP contribution < -0.4 is 5.32 Å². The number of hydrogen-bond acceptors (Lipinski definition) is 3. The van der Waals surface area contributed by atoms with Crippen molar-refractivity contribution in [2.75, 3.05) is 20.3 Å². The highest BCUT2D eigenvalue weighted by molar-refractivity contribution is 5.25. The smallest absolute Gasteiger partial charge is 0.270 e. The Bertz CT molecular complexity index is 386. The van der Waals surface area contributed by atoms with Gasteiger partial charge in [0.05, 0.1) is 0 Å². The number of nitrogens with one attached hydrogen (secondary N) is 2. The topological polar surface area (TPSA) is 39.1 Å². The maximum atomic E-state index is 13.0. The third kappa shape index (κ3) is 11.8. The van der Waals surface area contributed by atoms with Gasteiger partial charge in [0.15, 0.2) is 0 Å². The summed E-state index contributed by atoms with van der Waals surface area (Å²) in [6.07, 6.45) is 0. The normalized spacial score (nSPS) is 10.7. The van der Waals surface area contributed by atoms with E-state index < -0.39 is 5.92 Å². The van der Waals surface area contributed by atoms with Crippen molar-refractivity contribution in [3.05, 3.63) is 35.4 Å². The molecule has 1 aromatic carbocycles. The molecule has 0 aliphatic rings. The minimum Gasteiger partial charge on any atom is -0.317 e. The van der Waals surface area contributed by atoms with Gasteiger partial charge in [-0.2, -0.15) is 0 Å². The molecule has 0 aliphatic carbocycles. The minimum atomic E-state index is -2.76. The zero-order valence-corrected chi connectivity index (χ0v) is 15.4. The summed E-state index contributed by atoms with van der Waals surface area (Å²) in [6, 6.07) is 6.49. The van der Waals surface area contributed by atoms with E-state index in [2.05, 4.69) is 37.8 Å². The van der Waals surface area contributed by atoms with Gasteiger partial charge in [0, 0.05) is 32.2 Å². The molecule has 2 N–H and O–H groups in total. The van der Waals surface area contributed by atoms with E-state index in [4.69, 9.17) is 5.41 Å². The van der Waals surface area contributed by atoms with Crippen molar-refractivity contribution in [1.82, 2.24) is 10.2 Å². The van der Waals surface area contributed by atoms with E-state index in [0.717, 1.165) is 25.7 Å². The highest BCUT2D eigenvalue weighted by Gasteiger charge is 2.23. The molecule has 0 unspecified atom stereocenters. The number of rotatable bonds is 7. The van der Waals surface area contributed by atoms with Crippen LogP contribution in [0.5, 0.6) is 0 Å². The van der Waals surface area contributed by atoms with Gasteiger partial charge in [-0.3, -0.25) is 4.90 Å². The van der Waals surface area contributed by atoms with E-state index in [9.17, 15) is 8.78 Å². The molecule has 0 saturated heterocycles. The van der Waals surface area contributed by atoms with Gasteiger partial charge in [0.25, 0.3) is 5.92 Å². The van der Waals surface area contributed by atoms with Crippen LogP contribution in [-0.2, 0) is 12.5 Å². The molecule has 0 aliphatic heterocycles. The molecule has 0 aromatic heterocycles. The summed E-state index contributed by atoms with van der Waals surface area (Å²) in [6.45, 7) is 14.3. The Balaban J connectivity index is 0. The molecular formula is C18H33F2N3. The fourth-order valence-corrected chi connectivity index (χ4v) is 1.99. The molecule has 0 heterocycles. The highest BCUT2D eigenvalue weighted by atomic mass is 19.3. The first-order valence-corrected chi connectivity index (χ1v) is 8.01. The first-order chi connectivity index (χ1) is 10.8. The Hall–Kier alpha value is -1.33. The molecular weight excluding hydrogens is 296 g/mol. The Morgan fingerprint density at radius 1 is 1.17 bits per heavy atom. The van der Waals surface area contributed by atoms with Gasteiger partial charge in [0.1, 0.15) is 0 Å². The molecule has 0 amide bonds. The Morgan fingerprint density at radius 2 is 1.65 bits per heavy atom. The average Bonchev–Trinajstić information content (AvgIpc) is 2.50. The molecule has 0 fully saturated rings. The molecule has 5 heteroatoms. The van der Waals surface area contributed by atoms with E-state index >= 15 is 0 Å². The first kappa shape index (κ1) is 23.9. The highest BCUT2D eigenvalue weighted by Crippen LogP contribution is 2.26. The van der Waals surface area contributed by atoms with Gasteiger partial charge in [-0.05, 0) is 25.2 Å². The summed E-state index contributed by atoms with van der Waals surface area (Å²) in [7, 11) is 2.06. The van der Waals surface area contributed by atoms with Crippen LogP contribution in [0.4, 0.5) is 8.78 Å². The Morgan fingerprint density at radius 3 is 2.04 bits per heavy atom. The predicted molar refractivity (Wildman–Crippen MR) is 96.4 cm³/mol. The van der Waals surface area contributed by atoms with Crippen LogP contribution in [0, 0.1) is 11.3 Å². The van der Waals surface area contributed by atoms with Crippen molar-refractivity contribution < 1.29 is 8.78 Å². The van der Waals surface area contributed by atoms with Crippen molar-refractivity contribution in [2.24, 2.45) is 5.92 Å². The average molecular weight is 329 g/mol. The van der Waals surface area contributed by atoms with Gasteiger partial charge in [-0.15, -0.1) is 0 Å². The van der Waals surface area contributed by atoms with Crippen molar-refractivity contribution in [3.8, 4) is 0 Å². The van der Waals surface area contributed by atoms with Crippen molar-refractivity contribution in [3.63, 3.8) is 0 Å². The molecule has 0 atom stereocenters. The van der Waals surface area contributed by atoms with Crippen LogP contribution in [-0.4, -0.2) is 31.9 Å². The second-order valence-electron chi connectivity index (χ2n) is 5.60. The zero-order chi connectivity index (χ0) is 18.5. The van der Waals surface area contributed by atoms with Gasteiger partial charge in [0.2, 0.25) is 0 Å². The van der Waals surface area contributed by atoms with Crippen molar-refractivity contribution in [2.45, 2.75) is 47.1 Å². The van der Waals surface area contributed by atoms with Crippen molar-refractivity contribution in [1.29, 1.82) is 5.41 Å². The number of benzene rings is 1. The van der Waals surface area contributed by atoms with Crippen LogP contribution >= 0.6 is 0 Å².